The summed E-state index contributed by atoms with van der Waals surface area (Å²) in [5, 5.41) is 7.77. The van der Waals surface area contributed by atoms with Crippen LogP contribution in [0, 0.1) is 5.92 Å². The van der Waals surface area contributed by atoms with Crippen molar-refractivity contribution in [3.8, 4) is 0 Å². The van der Waals surface area contributed by atoms with Crippen LogP contribution < -0.4 is 10.6 Å². The van der Waals surface area contributed by atoms with E-state index in [4.69, 9.17) is 0 Å². The predicted molar refractivity (Wildman–Crippen MR) is 134 cm³/mol. The number of ketones is 1. The predicted octanol–water partition coefficient (Wildman–Crippen LogP) is 5.14. The molecule has 3 aromatic carbocycles. The molecule has 0 spiro atoms. The lowest BCUT2D eigenvalue weighted by Gasteiger charge is -2.23. The molecule has 0 aromatic heterocycles. The lowest BCUT2D eigenvalue weighted by atomic mass is 9.84. The number of anilines is 1. The van der Waals surface area contributed by atoms with Gasteiger partial charge >= 0.3 is 0 Å². The lowest BCUT2D eigenvalue weighted by molar-refractivity contribution is -0.135. The van der Waals surface area contributed by atoms with Crippen LogP contribution in [0.2, 0.25) is 0 Å². The van der Waals surface area contributed by atoms with E-state index in [1.54, 1.807) is 6.92 Å². The molecule has 0 bridgehead atoms. The topological polar surface area (TPSA) is 75.3 Å². The molecule has 5 heteroatoms. The van der Waals surface area contributed by atoms with Gasteiger partial charge in [-0.05, 0) is 59.7 Å². The van der Waals surface area contributed by atoms with E-state index >= 15 is 0 Å². The first-order valence-electron chi connectivity index (χ1n) is 12.2. The van der Waals surface area contributed by atoms with E-state index in [0.717, 1.165) is 16.3 Å². The number of hydrogen-bond donors (Lipinski definition) is 2. The first-order valence-corrected chi connectivity index (χ1v) is 12.2. The minimum absolute atomic E-state index is 0.336. The van der Waals surface area contributed by atoms with Crippen molar-refractivity contribution >= 4 is 34.1 Å². The van der Waals surface area contributed by atoms with Gasteiger partial charge < -0.3 is 10.6 Å². The average molecular weight is 455 g/mol. The number of benzene rings is 3. The van der Waals surface area contributed by atoms with Crippen molar-refractivity contribution < 1.29 is 14.4 Å². The number of carbonyl (C=O) groups excluding carboxylic acids is 3. The highest BCUT2D eigenvalue weighted by molar-refractivity contribution is 6.27. The van der Waals surface area contributed by atoms with E-state index in [1.165, 1.54) is 37.7 Å². The Labute approximate surface area is 199 Å². The standard InChI is InChI=1S/C29H30N2O3/c1-29(18-19-11-12-21-9-5-6-10-23(21)17-19)26(32)25(28(34)31-29)27(33)30-24-15-13-22(14-16-24)20-7-3-2-4-8-20/h5-6,9-17,20,25H,2-4,7-8,18H2,1H3,(H,30,33)(H,31,34). The third-order valence-corrected chi connectivity index (χ3v) is 7.36. The average Bonchev–Trinajstić information content (AvgIpc) is 3.07. The highest BCUT2D eigenvalue weighted by Crippen LogP contribution is 2.33. The molecule has 1 aliphatic carbocycles. The molecular weight excluding hydrogens is 424 g/mol. The van der Waals surface area contributed by atoms with Gasteiger partial charge in [0.1, 0.15) is 5.54 Å². The third-order valence-electron chi connectivity index (χ3n) is 7.36. The van der Waals surface area contributed by atoms with Gasteiger partial charge in [-0.1, -0.05) is 73.9 Å². The van der Waals surface area contributed by atoms with Gasteiger partial charge in [-0.2, -0.15) is 0 Å². The minimum atomic E-state index is -1.34. The Kier molecular flexibility index (Phi) is 5.94. The summed E-state index contributed by atoms with van der Waals surface area (Å²) in [6.07, 6.45) is 6.58. The van der Waals surface area contributed by atoms with Gasteiger partial charge in [0.05, 0.1) is 0 Å². The molecule has 1 heterocycles. The smallest absolute Gasteiger partial charge is 0.244 e. The van der Waals surface area contributed by atoms with Crippen molar-refractivity contribution in [1.29, 1.82) is 0 Å². The van der Waals surface area contributed by atoms with E-state index in [0.29, 0.717) is 18.0 Å². The van der Waals surface area contributed by atoms with Crippen LogP contribution in [0.15, 0.2) is 66.7 Å². The zero-order valence-electron chi connectivity index (χ0n) is 19.5. The van der Waals surface area contributed by atoms with Crippen LogP contribution in [0.4, 0.5) is 5.69 Å². The molecule has 1 saturated carbocycles. The van der Waals surface area contributed by atoms with E-state index < -0.39 is 23.3 Å². The summed E-state index contributed by atoms with van der Waals surface area (Å²) in [6, 6.07) is 21.8. The van der Waals surface area contributed by atoms with Gasteiger partial charge in [-0.25, -0.2) is 0 Å². The fourth-order valence-electron chi connectivity index (χ4n) is 5.46. The van der Waals surface area contributed by atoms with Crippen LogP contribution in [-0.2, 0) is 20.8 Å². The Bertz CT molecular complexity index is 1240. The minimum Gasteiger partial charge on any atom is -0.342 e. The van der Waals surface area contributed by atoms with Gasteiger partial charge in [0, 0.05) is 12.1 Å². The molecule has 2 aliphatic rings. The third kappa shape index (κ3) is 4.35. The van der Waals surface area contributed by atoms with Gasteiger partial charge in [0.2, 0.25) is 11.8 Å². The summed E-state index contributed by atoms with van der Waals surface area (Å²) < 4.78 is 0. The normalized spacial score (nSPS) is 23.1. The highest BCUT2D eigenvalue weighted by atomic mass is 16.2. The first-order chi connectivity index (χ1) is 16.4. The Hall–Kier alpha value is -3.47. The summed E-state index contributed by atoms with van der Waals surface area (Å²) >= 11 is 0. The highest BCUT2D eigenvalue weighted by Gasteiger charge is 2.52. The molecule has 1 aliphatic heterocycles. The number of nitrogens with one attached hydrogen (secondary N) is 2. The quantitative estimate of drug-likeness (QED) is 0.524. The summed E-state index contributed by atoms with van der Waals surface area (Å²) in [5.41, 5.74) is 1.71. The van der Waals surface area contributed by atoms with Crippen molar-refractivity contribution in [2.45, 2.75) is 56.9 Å². The van der Waals surface area contributed by atoms with Crippen molar-refractivity contribution in [2.24, 2.45) is 5.92 Å². The summed E-state index contributed by atoms with van der Waals surface area (Å²) in [7, 11) is 0. The summed E-state index contributed by atoms with van der Waals surface area (Å²) in [5.74, 6) is -2.26. The maximum absolute atomic E-state index is 13.3. The molecule has 0 radical (unpaired) electrons. The van der Waals surface area contributed by atoms with Gasteiger partial charge in [-0.3, -0.25) is 14.4 Å². The molecule has 174 valence electrons. The second-order valence-electron chi connectivity index (χ2n) is 9.92. The van der Waals surface area contributed by atoms with E-state index in [9.17, 15) is 14.4 Å². The monoisotopic (exact) mass is 454 g/mol. The molecule has 2 unspecified atom stereocenters. The van der Waals surface area contributed by atoms with Crippen molar-refractivity contribution in [3.63, 3.8) is 0 Å². The molecule has 5 nitrogen and oxygen atoms in total. The number of Topliss-reactive ketones (excluding diaryl/α,β-unsaturated/α-hetero) is 1. The number of hydrogen-bond acceptors (Lipinski definition) is 3. The largest absolute Gasteiger partial charge is 0.342 e. The maximum Gasteiger partial charge on any atom is 0.244 e. The van der Waals surface area contributed by atoms with Crippen molar-refractivity contribution in [3.05, 3.63) is 77.9 Å². The van der Waals surface area contributed by atoms with Crippen molar-refractivity contribution in [2.75, 3.05) is 5.32 Å². The fraction of sp³-hybridized carbons (Fsp3) is 0.345. The van der Waals surface area contributed by atoms with Gasteiger partial charge in [-0.15, -0.1) is 0 Å². The number of amides is 2. The molecule has 34 heavy (non-hydrogen) atoms. The van der Waals surface area contributed by atoms with Crippen LogP contribution in [-0.4, -0.2) is 23.1 Å². The first kappa shape index (κ1) is 22.3. The van der Waals surface area contributed by atoms with Crippen LogP contribution in [0.1, 0.15) is 56.1 Å². The van der Waals surface area contributed by atoms with Crippen LogP contribution in [0.3, 0.4) is 0 Å². The molecule has 1 saturated heterocycles. The molecule has 2 fully saturated rings. The SMILES string of the molecule is CC1(Cc2ccc3ccccc3c2)NC(=O)C(C(=O)Nc2ccc(C3CCCCC3)cc2)C1=O. The molecule has 2 atom stereocenters. The second-order valence-corrected chi connectivity index (χ2v) is 9.92. The molecule has 3 aromatic rings. The zero-order valence-corrected chi connectivity index (χ0v) is 19.5. The summed E-state index contributed by atoms with van der Waals surface area (Å²) in [4.78, 5) is 38.9. The number of rotatable bonds is 5. The van der Waals surface area contributed by atoms with E-state index in [-0.39, 0.29) is 5.78 Å². The van der Waals surface area contributed by atoms with Crippen LogP contribution in [0.5, 0.6) is 0 Å². The van der Waals surface area contributed by atoms with E-state index in [1.807, 2.05) is 66.7 Å². The van der Waals surface area contributed by atoms with Crippen LogP contribution in [0.25, 0.3) is 10.8 Å². The van der Waals surface area contributed by atoms with Crippen molar-refractivity contribution in [1.82, 2.24) is 5.32 Å². The number of carbonyl (C=O) groups is 3. The van der Waals surface area contributed by atoms with E-state index in [2.05, 4.69) is 10.6 Å². The maximum atomic E-state index is 13.3. The molecule has 2 amide bonds. The Morgan fingerprint density at radius 3 is 2.38 bits per heavy atom. The molecule has 2 N–H and O–H groups in total. The molecule has 5 rings (SSSR count). The lowest BCUT2D eigenvalue weighted by Crippen LogP contribution is -2.45. The Balaban J connectivity index is 1.27. The van der Waals surface area contributed by atoms with Gasteiger partial charge in [0.15, 0.2) is 11.7 Å². The number of fused-ring (bicyclic) bond motifs is 1. The van der Waals surface area contributed by atoms with Gasteiger partial charge in [0.25, 0.3) is 0 Å². The Morgan fingerprint density at radius 2 is 1.65 bits per heavy atom. The molecular formula is C29H30N2O3. The summed E-state index contributed by atoms with van der Waals surface area (Å²) in [6.45, 7) is 1.70. The Morgan fingerprint density at radius 1 is 0.941 bits per heavy atom. The zero-order chi connectivity index (χ0) is 23.7. The second kappa shape index (κ2) is 9.05. The fourth-order valence-corrected chi connectivity index (χ4v) is 5.46. The van der Waals surface area contributed by atoms with Crippen LogP contribution >= 0.6 is 0 Å².